The van der Waals surface area contributed by atoms with Crippen LogP contribution in [-0.2, 0) is 23.9 Å². The SMILES string of the molecule is CCCCCCCCCCCCCCN(CCCCCCCCCCCCCC)C(=O)CCNC(=NCC(N=C=O)OC(C)(C)C)NCC(N=C=O)OC(C)(C)C. The van der Waals surface area contributed by atoms with E-state index in [-0.39, 0.29) is 19.0 Å². The zero-order valence-electron chi connectivity index (χ0n) is 38.2. The predicted octanol–water partition coefficient (Wildman–Crippen LogP) is 11.1. The highest BCUT2D eigenvalue weighted by Crippen LogP contribution is 2.16. The zero-order valence-corrected chi connectivity index (χ0v) is 38.2. The van der Waals surface area contributed by atoms with Gasteiger partial charge in [0.2, 0.25) is 18.1 Å². The normalized spacial score (nSPS) is 13.1. The summed E-state index contributed by atoms with van der Waals surface area (Å²) in [5.74, 6) is 0.496. The van der Waals surface area contributed by atoms with E-state index in [9.17, 15) is 14.4 Å². The van der Waals surface area contributed by atoms with Gasteiger partial charge in [-0.2, -0.15) is 9.98 Å². The fourth-order valence-electron chi connectivity index (χ4n) is 6.77. The first-order valence-corrected chi connectivity index (χ1v) is 23.1. The number of hydrogen-bond acceptors (Lipinski definition) is 8. The molecule has 0 saturated heterocycles. The third kappa shape index (κ3) is 37.4. The lowest BCUT2D eigenvalue weighted by Gasteiger charge is -2.26. The maximum absolute atomic E-state index is 13.7. The summed E-state index contributed by atoms with van der Waals surface area (Å²) in [4.78, 5) is 50.2. The average Bonchev–Trinajstić information content (AvgIpc) is 3.14. The first kappa shape index (κ1) is 54.4. The predicted molar refractivity (Wildman–Crippen MR) is 237 cm³/mol. The lowest BCUT2D eigenvalue weighted by molar-refractivity contribution is -0.131. The van der Waals surface area contributed by atoms with Crippen molar-refractivity contribution in [3.8, 4) is 0 Å². The van der Waals surface area contributed by atoms with Gasteiger partial charge in [-0.3, -0.25) is 4.79 Å². The van der Waals surface area contributed by atoms with E-state index < -0.39 is 23.7 Å². The number of carbonyl (C=O) groups is 1. The maximum Gasteiger partial charge on any atom is 0.237 e. The van der Waals surface area contributed by atoms with Crippen LogP contribution in [0.1, 0.15) is 216 Å². The third-order valence-corrected chi connectivity index (χ3v) is 9.77. The molecule has 0 fully saturated rings. The van der Waals surface area contributed by atoms with Gasteiger partial charge in [0, 0.05) is 26.1 Å². The molecule has 0 aromatic rings. The van der Waals surface area contributed by atoms with Gasteiger partial charge in [0.05, 0.1) is 24.3 Å². The first-order valence-electron chi connectivity index (χ1n) is 23.1. The van der Waals surface area contributed by atoms with Gasteiger partial charge in [-0.15, -0.1) is 0 Å². The molecule has 11 nitrogen and oxygen atoms in total. The molecule has 0 rings (SSSR count). The van der Waals surface area contributed by atoms with Crippen LogP contribution in [0.2, 0.25) is 0 Å². The molecular weight excluding hydrogens is 717 g/mol. The second-order valence-corrected chi connectivity index (χ2v) is 17.7. The van der Waals surface area contributed by atoms with Gasteiger partial charge >= 0.3 is 0 Å². The minimum Gasteiger partial charge on any atom is -0.356 e. The summed E-state index contributed by atoms with van der Waals surface area (Å²) < 4.78 is 11.8. The highest BCUT2D eigenvalue weighted by atomic mass is 16.5. The van der Waals surface area contributed by atoms with Crippen molar-refractivity contribution in [1.29, 1.82) is 0 Å². The van der Waals surface area contributed by atoms with Gasteiger partial charge < -0.3 is 25.0 Å². The van der Waals surface area contributed by atoms with E-state index in [1.165, 1.54) is 128 Å². The van der Waals surface area contributed by atoms with Crippen LogP contribution in [0.25, 0.3) is 0 Å². The van der Waals surface area contributed by atoms with Crippen LogP contribution in [0.3, 0.4) is 0 Å². The zero-order chi connectivity index (χ0) is 42.5. The third-order valence-electron chi connectivity index (χ3n) is 9.77. The van der Waals surface area contributed by atoms with E-state index in [0.29, 0.717) is 18.9 Å². The summed E-state index contributed by atoms with van der Waals surface area (Å²) in [5.41, 5.74) is -1.10. The second kappa shape index (κ2) is 36.5. The number of unbranched alkanes of at least 4 members (excludes halogenated alkanes) is 22. The largest absolute Gasteiger partial charge is 0.356 e. The van der Waals surface area contributed by atoms with Crippen molar-refractivity contribution in [3.63, 3.8) is 0 Å². The Kier molecular flexibility index (Phi) is 34.8. The van der Waals surface area contributed by atoms with Gasteiger partial charge in [0.15, 0.2) is 18.4 Å². The molecular formula is C46H88N6O5. The molecule has 0 aromatic heterocycles. The van der Waals surface area contributed by atoms with Crippen molar-refractivity contribution in [3.05, 3.63) is 0 Å². The number of nitrogens with zero attached hydrogens (tertiary/aromatic N) is 4. The van der Waals surface area contributed by atoms with E-state index in [0.717, 1.165) is 38.8 Å². The minimum atomic E-state index is -0.834. The van der Waals surface area contributed by atoms with E-state index in [1.54, 1.807) is 12.2 Å². The molecule has 2 N–H and O–H groups in total. The average molecular weight is 805 g/mol. The molecule has 0 heterocycles. The van der Waals surface area contributed by atoms with Gasteiger partial charge in [-0.1, -0.05) is 155 Å². The Hall–Kier alpha value is -2.58. The molecule has 11 heteroatoms. The van der Waals surface area contributed by atoms with Gasteiger partial charge in [-0.05, 0) is 54.4 Å². The molecule has 0 aromatic carbocycles. The van der Waals surface area contributed by atoms with Crippen molar-refractivity contribution >= 4 is 24.0 Å². The van der Waals surface area contributed by atoms with Crippen LogP contribution < -0.4 is 10.6 Å². The Morgan fingerprint density at radius 1 is 0.561 bits per heavy atom. The number of nitrogens with one attached hydrogen (secondary N) is 2. The van der Waals surface area contributed by atoms with Crippen LogP contribution in [0, 0.1) is 0 Å². The van der Waals surface area contributed by atoms with Crippen molar-refractivity contribution in [2.75, 3.05) is 32.7 Å². The molecule has 2 unspecified atom stereocenters. The number of hydrogen-bond donors (Lipinski definition) is 2. The van der Waals surface area contributed by atoms with E-state index in [4.69, 9.17) is 9.47 Å². The topological polar surface area (TPSA) is 134 Å². The summed E-state index contributed by atoms with van der Waals surface area (Å²) >= 11 is 0. The summed E-state index contributed by atoms with van der Waals surface area (Å²) in [7, 11) is 0. The highest BCUT2D eigenvalue weighted by Gasteiger charge is 2.21. The lowest BCUT2D eigenvalue weighted by Crippen LogP contribution is -2.44. The van der Waals surface area contributed by atoms with Crippen molar-refractivity contribution in [2.45, 2.75) is 240 Å². The van der Waals surface area contributed by atoms with Crippen molar-refractivity contribution < 1.29 is 23.9 Å². The number of isocyanates is 2. The smallest absolute Gasteiger partial charge is 0.237 e. The lowest BCUT2D eigenvalue weighted by atomic mass is 10.0. The van der Waals surface area contributed by atoms with Gasteiger partial charge in [0.25, 0.3) is 0 Å². The molecule has 1 amide bonds. The van der Waals surface area contributed by atoms with E-state index >= 15 is 0 Å². The summed E-state index contributed by atoms with van der Waals surface area (Å²) in [6, 6.07) is 0. The fraction of sp³-hybridized carbons (Fsp3) is 0.913. The quantitative estimate of drug-likeness (QED) is 0.0276. The van der Waals surface area contributed by atoms with Crippen LogP contribution in [0.4, 0.5) is 0 Å². The first-order chi connectivity index (χ1) is 27.3. The molecule has 0 aliphatic heterocycles. The van der Waals surface area contributed by atoms with E-state index in [2.05, 4.69) is 44.4 Å². The van der Waals surface area contributed by atoms with Crippen molar-refractivity contribution in [1.82, 2.24) is 15.5 Å². The summed E-state index contributed by atoms with van der Waals surface area (Å²) in [5, 5.41) is 6.42. The number of carbonyl (C=O) groups excluding carboxylic acids is 3. The Morgan fingerprint density at radius 2 is 0.930 bits per heavy atom. The summed E-state index contributed by atoms with van der Waals surface area (Å²) in [6.07, 6.45) is 32.8. The maximum atomic E-state index is 13.7. The monoisotopic (exact) mass is 805 g/mol. The molecule has 2 atom stereocenters. The standard InChI is InChI=1S/C46H88N6O5/c1-9-11-13-15-17-19-21-23-25-27-29-31-35-52(36-32-30-28-26-24-22-20-18-16-14-12-10-2)43(55)33-34-47-44(48-37-41(50-39-53)56-45(3,4)5)49-38-42(51-40-54)57-46(6,7)8/h41-42H,9-38H2,1-8H3,(H2,47,48,49). The van der Waals surface area contributed by atoms with Gasteiger partial charge in [0.1, 0.15) is 0 Å². The molecule has 332 valence electrons. The molecule has 0 saturated carbocycles. The second-order valence-electron chi connectivity index (χ2n) is 17.7. The van der Waals surface area contributed by atoms with Crippen LogP contribution in [0.15, 0.2) is 15.0 Å². The molecule has 0 bridgehead atoms. The highest BCUT2D eigenvalue weighted by molar-refractivity contribution is 5.81. The minimum absolute atomic E-state index is 0.0432. The van der Waals surface area contributed by atoms with Crippen LogP contribution >= 0.6 is 0 Å². The van der Waals surface area contributed by atoms with E-state index in [1.807, 2.05) is 41.5 Å². The number of rotatable bonds is 37. The Labute approximate surface area is 349 Å². The van der Waals surface area contributed by atoms with Gasteiger partial charge in [-0.25, -0.2) is 14.6 Å². The van der Waals surface area contributed by atoms with Crippen LogP contribution in [-0.4, -0.2) is 85.3 Å². The molecule has 57 heavy (non-hydrogen) atoms. The summed E-state index contributed by atoms with van der Waals surface area (Å²) in [6.45, 7) is 17.9. The molecule has 0 radical (unpaired) electrons. The fourth-order valence-corrected chi connectivity index (χ4v) is 6.77. The Morgan fingerprint density at radius 3 is 1.32 bits per heavy atom. The molecule has 0 spiro atoms. The number of aliphatic imine (C=N–C) groups is 3. The van der Waals surface area contributed by atoms with Crippen molar-refractivity contribution in [2.24, 2.45) is 15.0 Å². The number of guanidine groups is 1. The number of amides is 1. The Balaban J connectivity index is 5.28. The number of ether oxygens (including phenoxy) is 2. The molecule has 0 aliphatic rings. The van der Waals surface area contributed by atoms with Crippen LogP contribution in [0.5, 0.6) is 0 Å². The Bertz CT molecular complexity index is 1060. The molecule has 0 aliphatic carbocycles.